The van der Waals surface area contributed by atoms with Gasteiger partial charge in [0, 0.05) is 25.0 Å². The van der Waals surface area contributed by atoms with Crippen molar-refractivity contribution in [3.05, 3.63) is 48.7 Å². The number of methoxy groups -OCH3 is 1. The van der Waals surface area contributed by atoms with Gasteiger partial charge in [-0.2, -0.15) is 0 Å². The number of piperidine rings is 1. The second kappa shape index (κ2) is 9.02. The Bertz CT molecular complexity index is 765. The summed E-state index contributed by atoms with van der Waals surface area (Å²) in [7, 11) is 1.31. The highest BCUT2D eigenvalue weighted by Gasteiger charge is 2.26. The molecule has 1 amide bonds. The summed E-state index contributed by atoms with van der Waals surface area (Å²) in [6.45, 7) is 1.42. The predicted molar refractivity (Wildman–Crippen MR) is 102 cm³/mol. The molecule has 0 radical (unpaired) electrons. The van der Waals surface area contributed by atoms with E-state index in [0.29, 0.717) is 18.0 Å². The Morgan fingerprint density at radius 1 is 1.22 bits per heavy atom. The van der Waals surface area contributed by atoms with Gasteiger partial charge in [-0.15, -0.1) is 0 Å². The van der Waals surface area contributed by atoms with Gasteiger partial charge in [0.1, 0.15) is 11.6 Å². The molecule has 0 bridgehead atoms. The lowest BCUT2D eigenvalue weighted by atomic mass is 9.97. The number of carbonyl (C=O) groups excluding carboxylic acids is 2. The van der Waals surface area contributed by atoms with Gasteiger partial charge in [-0.1, -0.05) is 6.07 Å². The van der Waals surface area contributed by atoms with E-state index in [0.717, 1.165) is 25.2 Å². The highest BCUT2D eigenvalue weighted by molar-refractivity contribution is 5.93. The summed E-state index contributed by atoms with van der Waals surface area (Å²) >= 11 is 0. The number of aromatic nitrogens is 1. The molecule has 0 spiro atoms. The lowest BCUT2D eigenvalue weighted by molar-refractivity contribution is -0.142. The van der Waals surface area contributed by atoms with Crippen LogP contribution in [-0.4, -0.2) is 43.7 Å². The summed E-state index contributed by atoms with van der Waals surface area (Å²) in [6.07, 6.45) is 3.58. The summed E-state index contributed by atoms with van der Waals surface area (Å²) in [5.74, 6) is 0.913. The Morgan fingerprint density at radius 2 is 2.04 bits per heavy atom. The Morgan fingerprint density at radius 3 is 2.74 bits per heavy atom. The molecule has 2 heterocycles. The molecule has 1 aliphatic rings. The minimum Gasteiger partial charge on any atom is -0.482 e. The highest BCUT2D eigenvalue weighted by atomic mass is 16.6. The quantitative estimate of drug-likeness (QED) is 0.788. The molecular formula is C20H23N3O4. The predicted octanol–water partition coefficient (Wildman–Crippen LogP) is 2.49. The highest BCUT2D eigenvalue weighted by Crippen LogP contribution is 2.23. The number of benzene rings is 1. The monoisotopic (exact) mass is 369 g/mol. The van der Waals surface area contributed by atoms with Crippen LogP contribution in [0.3, 0.4) is 0 Å². The van der Waals surface area contributed by atoms with Crippen LogP contribution in [0.2, 0.25) is 0 Å². The van der Waals surface area contributed by atoms with Crippen LogP contribution in [0.15, 0.2) is 48.7 Å². The summed E-state index contributed by atoms with van der Waals surface area (Å²) < 4.78 is 9.82. The molecule has 1 aliphatic heterocycles. The summed E-state index contributed by atoms with van der Waals surface area (Å²) in [5, 5.41) is 2.95. The summed E-state index contributed by atoms with van der Waals surface area (Å²) in [6, 6.07) is 12.7. The van der Waals surface area contributed by atoms with E-state index in [9.17, 15) is 9.59 Å². The molecule has 2 aromatic rings. The molecule has 142 valence electrons. The van der Waals surface area contributed by atoms with Gasteiger partial charge in [-0.3, -0.25) is 4.79 Å². The first-order valence-electron chi connectivity index (χ1n) is 8.92. The number of hydrogen-bond acceptors (Lipinski definition) is 6. The normalized spacial score (nSPS) is 16.5. The zero-order chi connectivity index (χ0) is 19.1. The molecule has 3 rings (SSSR count). The first-order chi connectivity index (χ1) is 13.2. The number of pyridine rings is 1. The third kappa shape index (κ3) is 5.20. The van der Waals surface area contributed by atoms with E-state index in [1.165, 1.54) is 7.11 Å². The van der Waals surface area contributed by atoms with Gasteiger partial charge < -0.3 is 19.7 Å². The van der Waals surface area contributed by atoms with E-state index < -0.39 is 5.97 Å². The van der Waals surface area contributed by atoms with Crippen molar-refractivity contribution in [2.75, 3.05) is 37.0 Å². The molecular weight excluding hydrogens is 346 g/mol. The minimum atomic E-state index is -0.442. The molecule has 1 atom stereocenters. The first-order valence-corrected chi connectivity index (χ1v) is 8.92. The van der Waals surface area contributed by atoms with Crippen molar-refractivity contribution in [3.63, 3.8) is 0 Å². The van der Waals surface area contributed by atoms with E-state index in [4.69, 9.17) is 4.74 Å². The standard InChI is InChI=1S/C20H23N3O4/c1-26-19(24)14-27-17-9-7-16(8-10-17)22-20(25)15-5-4-12-23(13-15)18-6-2-3-11-21-18/h2-3,6-11,15H,4-5,12-14H2,1H3,(H,22,25)/t15-/m1/s1. The van der Waals surface area contributed by atoms with Gasteiger partial charge >= 0.3 is 5.97 Å². The zero-order valence-electron chi connectivity index (χ0n) is 15.3. The second-order valence-electron chi connectivity index (χ2n) is 6.35. The van der Waals surface area contributed by atoms with Gasteiger partial charge in [0.25, 0.3) is 0 Å². The number of nitrogens with zero attached hydrogens (tertiary/aromatic N) is 2. The van der Waals surface area contributed by atoms with Gasteiger partial charge in [0.15, 0.2) is 6.61 Å². The Balaban J connectivity index is 1.54. The van der Waals surface area contributed by atoms with Crippen LogP contribution in [0.1, 0.15) is 12.8 Å². The molecule has 0 aliphatic carbocycles. The maximum absolute atomic E-state index is 12.6. The van der Waals surface area contributed by atoms with E-state index >= 15 is 0 Å². The largest absolute Gasteiger partial charge is 0.482 e. The number of rotatable bonds is 6. The maximum atomic E-state index is 12.6. The van der Waals surface area contributed by atoms with Crippen LogP contribution in [0, 0.1) is 5.92 Å². The number of ether oxygens (including phenoxy) is 2. The number of amides is 1. The van der Waals surface area contributed by atoms with Crippen molar-refractivity contribution in [2.24, 2.45) is 5.92 Å². The van der Waals surface area contributed by atoms with Crippen molar-refractivity contribution < 1.29 is 19.1 Å². The molecule has 1 fully saturated rings. The number of hydrogen-bond donors (Lipinski definition) is 1. The van der Waals surface area contributed by atoms with Crippen molar-refractivity contribution in [1.29, 1.82) is 0 Å². The van der Waals surface area contributed by atoms with Crippen molar-refractivity contribution in [3.8, 4) is 5.75 Å². The van der Waals surface area contributed by atoms with Crippen LogP contribution in [0.25, 0.3) is 0 Å². The fourth-order valence-electron chi connectivity index (χ4n) is 3.02. The van der Waals surface area contributed by atoms with Crippen LogP contribution in [-0.2, 0) is 14.3 Å². The molecule has 0 saturated carbocycles. The number of esters is 1. The third-order valence-electron chi connectivity index (χ3n) is 4.47. The molecule has 1 aromatic carbocycles. The SMILES string of the molecule is COC(=O)COc1ccc(NC(=O)[C@@H]2CCCN(c3ccccn3)C2)cc1. The fraction of sp³-hybridized carbons (Fsp3) is 0.350. The van der Waals surface area contributed by atoms with E-state index in [-0.39, 0.29) is 18.4 Å². The molecule has 27 heavy (non-hydrogen) atoms. The molecule has 1 aromatic heterocycles. The van der Waals surface area contributed by atoms with E-state index in [1.807, 2.05) is 18.2 Å². The van der Waals surface area contributed by atoms with Gasteiger partial charge in [0.2, 0.25) is 5.91 Å². The van der Waals surface area contributed by atoms with Crippen molar-refractivity contribution >= 4 is 23.4 Å². The minimum absolute atomic E-state index is 0.00106. The average Bonchev–Trinajstić information content (AvgIpc) is 2.73. The Kier molecular flexibility index (Phi) is 6.25. The molecule has 1 N–H and O–H groups in total. The zero-order valence-corrected chi connectivity index (χ0v) is 15.3. The third-order valence-corrected chi connectivity index (χ3v) is 4.47. The fourth-order valence-corrected chi connectivity index (χ4v) is 3.02. The summed E-state index contributed by atoms with van der Waals surface area (Å²) in [4.78, 5) is 30.2. The van der Waals surface area contributed by atoms with Crippen molar-refractivity contribution in [2.45, 2.75) is 12.8 Å². The lowest BCUT2D eigenvalue weighted by Gasteiger charge is -2.32. The molecule has 7 nitrogen and oxygen atoms in total. The first kappa shape index (κ1) is 18.7. The van der Waals surface area contributed by atoms with E-state index in [2.05, 4.69) is 19.9 Å². The Labute approximate surface area is 158 Å². The smallest absolute Gasteiger partial charge is 0.343 e. The van der Waals surface area contributed by atoms with Crippen molar-refractivity contribution in [1.82, 2.24) is 4.98 Å². The Hall–Kier alpha value is -3.09. The second-order valence-corrected chi connectivity index (χ2v) is 6.35. The molecule has 0 unspecified atom stereocenters. The van der Waals surface area contributed by atoms with Gasteiger partial charge in [-0.25, -0.2) is 9.78 Å². The maximum Gasteiger partial charge on any atom is 0.343 e. The average molecular weight is 369 g/mol. The number of carbonyl (C=O) groups is 2. The van der Waals surface area contributed by atoms with Crippen LogP contribution in [0.4, 0.5) is 11.5 Å². The number of anilines is 2. The lowest BCUT2D eigenvalue weighted by Crippen LogP contribution is -2.41. The summed E-state index contributed by atoms with van der Waals surface area (Å²) in [5.41, 5.74) is 0.695. The molecule has 1 saturated heterocycles. The van der Waals surface area contributed by atoms with E-state index in [1.54, 1.807) is 30.5 Å². The van der Waals surface area contributed by atoms with Gasteiger partial charge in [0.05, 0.1) is 13.0 Å². The molecule has 7 heteroatoms. The van der Waals surface area contributed by atoms with Crippen LogP contribution in [0.5, 0.6) is 5.75 Å². The van der Waals surface area contributed by atoms with Crippen LogP contribution >= 0.6 is 0 Å². The topological polar surface area (TPSA) is 80.8 Å². The number of nitrogens with one attached hydrogen (secondary N) is 1. The van der Waals surface area contributed by atoms with Gasteiger partial charge in [-0.05, 0) is 49.2 Å². The van der Waals surface area contributed by atoms with Crippen LogP contribution < -0.4 is 15.0 Å².